The zero-order chi connectivity index (χ0) is 31.2. The number of esters is 2. The number of fused-ring (bicyclic) bond motifs is 2. The van der Waals surface area contributed by atoms with Crippen LogP contribution in [0.15, 0.2) is 84.9 Å². The molecule has 0 unspecified atom stereocenters. The number of hydrogen-bond donors (Lipinski definition) is 1. The van der Waals surface area contributed by atoms with Crippen molar-refractivity contribution in [1.82, 2.24) is 0 Å². The SMILES string of the molecule is CCCCCCCCCCCCCCCCCCN.O=C(OC(=O)c1cccc2ccccc12)c1cccc2ccccc12.[Ca+2].[Ca+2].[H-].[H-].[H-].[H-]. The number of hydrogen-bond acceptors (Lipinski definition) is 4. The molecule has 4 aromatic rings. The first-order valence-electron chi connectivity index (χ1n) is 17.1. The largest absolute Gasteiger partial charge is 2.00 e. The van der Waals surface area contributed by atoms with Crippen molar-refractivity contribution in [3.8, 4) is 0 Å². The fourth-order valence-corrected chi connectivity index (χ4v) is 5.69. The predicted octanol–water partition coefficient (Wildman–Crippen LogP) is 10.9. The maximum absolute atomic E-state index is 12.5. The van der Waals surface area contributed by atoms with Crippen LogP contribution in [-0.4, -0.2) is 94.0 Å². The number of rotatable bonds is 18. The van der Waals surface area contributed by atoms with Crippen LogP contribution in [0.2, 0.25) is 0 Å². The molecule has 0 amide bonds. The molecule has 2 N–H and O–H groups in total. The van der Waals surface area contributed by atoms with E-state index in [-0.39, 0.29) is 81.2 Å². The second kappa shape index (κ2) is 26.9. The van der Waals surface area contributed by atoms with Crippen molar-refractivity contribution in [2.24, 2.45) is 5.73 Å². The molecule has 0 bridgehead atoms. The van der Waals surface area contributed by atoms with Crippen molar-refractivity contribution in [3.05, 3.63) is 96.1 Å². The number of ether oxygens (including phenoxy) is 1. The Morgan fingerprint density at radius 1 is 0.500 bits per heavy atom. The third kappa shape index (κ3) is 15.9. The van der Waals surface area contributed by atoms with E-state index in [1.165, 1.54) is 103 Å². The van der Waals surface area contributed by atoms with E-state index in [9.17, 15) is 9.59 Å². The molecule has 0 aromatic heterocycles. The van der Waals surface area contributed by atoms with Crippen LogP contribution in [0.5, 0.6) is 0 Å². The van der Waals surface area contributed by atoms with Gasteiger partial charge in [-0.1, -0.05) is 176 Å². The Labute approximate surface area is 343 Å². The van der Waals surface area contributed by atoms with E-state index >= 15 is 0 Å². The number of carbonyl (C=O) groups excluding carboxylic acids is 2. The van der Waals surface area contributed by atoms with Gasteiger partial charge in [0.15, 0.2) is 0 Å². The number of benzene rings is 4. The Balaban J connectivity index is -0.000000391. The third-order valence-corrected chi connectivity index (χ3v) is 8.26. The van der Waals surface area contributed by atoms with Crippen LogP contribution in [0.4, 0.5) is 0 Å². The summed E-state index contributed by atoms with van der Waals surface area (Å²) in [4.78, 5) is 25.1. The molecule has 0 fully saturated rings. The van der Waals surface area contributed by atoms with Crippen molar-refractivity contribution in [1.29, 1.82) is 0 Å². The number of nitrogens with two attached hydrogens (primary N) is 1. The molecular formula is C40H57Ca2NO3. The molecule has 4 nitrogen and oxygen atoms in total. The van der Waals surface area contributed by atoms with Gasteiger partial charge in [-0.3, -0.25) is 0 Å². The summed E-state index contributed by atoms with van der Waals surface area (Å²) >= 11 is 0. The second-order valence-electron chi connectivity index (χ2n) is 11.8. The molecule has 244 valence electrons. The van der Waals surface area contributed by atoms with Crippen LogP contribution in [0.25, 0.3) is 21.5 Å². The van der Waals surface area contributed by atoms with E-state index in [4.69, 9.17) is 10.5 Å². The molecule has 0 spiro atoms. The van der Waals surface area contributed by atoms with Gasteiger partial charge < -0.3 is 16.2 Å². The van der Waals surface area contributed by atoms with Crippen LogP contribution >= 0.6 is 0 Å². The van der Waals surface area contributed by atoms with Crippen LogP contribution in [0, 0.1) is 0 Å². The molecule has 0 radical (unpaired) electrons. The van der Waals surface area contributed by atoms with Gasteiger partial charge in [0.1, 0.15) is 0 Å². The van der Waals surface area contributed by atoms with Gasteiger partial charge in [-0.15, -0.1) is 0 Å². The summed E-state index contributed by atoms with van der Waals surface area (Å²) < 4.78 is 5.16. The van der Waals surface area contributed by atoms with Gasteiger partial charge in [-0.2, -0.15) is 0 Å². The van der Waals surface area contributed by atoms with Gasteiger partial charge in [0.2, 0.25) is 0 Å². The van der Waals surface area contributed by atoms with E-state index < -0.39 is 11.9 Å². The molecular weight excluding hydrogens is 623 g/mol. The normalized spacial score (nSPS) is 10.4. The Morgan fingerprint density at radius 2 is 0.826 bits per heavy atom. The zero-order valence-corrected chi connectivity index (χ0v) is 32.7. The maximum atomic E-state index is 12.5. The second-order valence-corrected chi connectivity index (χ2v) is 11.8. The average Bonchev–Trinajstić information content (AvgIpc) is 3.06. The predicted molar refractivity (Wildman–Crippen MR) is 202 cm³/mol. The standard InChI is InChI=1S/C22H14O3.C18H39N.2Ca.4H/c23-21(19-13-5-9-15-7-1-3-11-17(15)19)25-22(24)20-14-6-10-16-8-2-4-12-18(16)20;1-2-3-4-5-6-7-8-9-10-11-12-13-14-15-16-17-18-19;;;;;;/h1-14H;2-19H2,1H3;;;;;;/q;;2*+2;4*-1. The van der Waals surface area contributed by atoms with Crippen molar-refractivity contribution >= 4 is 109 Å². The summed E-state index contributed by atoms with van der Waals surface area (Å²) in [6, 6.07) is 25.7. The fourth-order valence-electron chi connectivity index (χ4n) is 5.69. The Hall–Kier alpha value is -0.981. The third-order valence-electron chi connectivity index (χ3n) is 8.26. The molecule has 0 heterocycles. The first-order valence-corrected chi connectivity index (χ1v) is 17.1. The molecule has 0 aliphatic carbocycles. The maximum Gasteiger partial charge on any atom is 2.00 e. The van der Waals surface area contributed by atoms with E-state index in [0.29, 0.717) is 11.1 Å². The molecule has 0 saturated carbocycles. The minimum atomic E-state index is -0.644. The van der Waals surface area contributed by atoms with Gasteiger partial charge in [-0.05, 0) is 46.6 Å². The van der Waals surface area contributed by atoms with E-state index in [1.807, 2.05) is 60.7 Å². The number of unbranched alkanes of at least 4 members (excludes halogenated alkanes) is 15. The Morgan fingerprint density at radius 3 is 1.20 bits per heavy atom. The van der Waals surface area contributed by atoms with Gasteiger partial charge in [0.25, 0.3) is 0 Å². The van der Waals surface area contributed by atoms with Crippen LogP contribution in [0.3, 0.4) is 0 Å². The molecule has 0 aliphatic rings. The summed E-state index contributed by atoms with van der Waals surface area (Å²) in [5.41, 5.74) is 6.25. The molecule has 0 atom stereocenters. The Bertz CT molecular complexity index is 1310. The van der Waals surface area contributed by atoms with Crippen molar-refractivity contribution < 1.29 is 20.0 Å². The summed E-state index contributed by atoms with van der Waals surface area (Å²) in [5, 5.41) is 3.38. The minimum Gasteiger partial charge on any atom is -1.00 e. The molecule has 4 rings (SSSR count). The molecule has 4 aromatic carbocycles. The van der Waals surface area contributed by atoms with Crippen molar-refractivity contribution in [3.63, 3.8) is 0 Å². The van der Waals surface area contributed by atoms with Crippen LogP contribution < -0.4 is 5.73 Å². The van der Waals surface area contributed by atoms with Crippen molar-refractivity contribution in [2.45, 2.75) is 110 Å². The first-order chi connectivity index (χ1) is 21.7. The van der Waals surface area contributed by atoms with Crippen LogP contribution in [-0.2, 0) is 4.74 Å². The molecule has 0 aliphatic heterocycles. The topological polar surface area (TPSA) is 69.4 Å². The average molecular weight is 680 g/mol. The summed E-state index contributed by atoms with van der Waals surface area (Å²) in [7, 11) is 0. The van der Waals surface area contributed by atoms with E-state index in [1.54, 1.807) is 24.3 Å². The molecule has 0 saturated heterocycles. The number of carbonyl (C=O) groups is 2. The van der Waals surface area contributed by atoms with Crippen LogP contribution in [0.1, 0.15) is 136 Å². The van der Waals surface area contributed by atoms with Gasteiger partial charge in [-0.25, -0.2) is 9.59 Å². The van der Waals surface area contributed by atoms with Gasteiger partial charge in [0.05, 0.1) is 11.1 Å². The fraction of sp³-hybridized carbons (Fsp3) is 0.450. The van der Waals surface area contributed by atoms with Gasteiger partial charge >= 0.3 is 87.4 Å². The quantitative estimate of drug-likeness (QED) is 0.0492. The van der Waals surface area contributed by atoms with E-state index in [2.05, 4.69) is 6.92 Å². The molecule has 46 heavy (non-hydrogen) atoms. The zero-order valence-electron chi connectivity index (χ0n) is 32.3. The minimum absolute atomic E-state index is 0. The first kappa shape index (κ1) is 43.0. The van der Waals surface area contributed by atoms with Gasteiger partial charge in [0, 0.05) is 0 Å². The van der Waals surface area contributed by atoms with Crippen molar-refractivity contribution in [2.75, 3.05) is 6.54 Å². The smallest absolute Gasteiger partial charge is 1.00 e. The summed E-state index contributed by atoms with van der Waals surface area (Å²) in [5.74, 6) is -1.29. The summed E-state index contributed by atoms with van der Waals surface area (Å²) in [6.07, 6.45) is 22.9. The van der Waals surface area contributed by atoms with E-state index in [0.717, 1.165) is 28.1 Å². The Kier molecular flexibility index (Phi) is 25.2. The summed E-state index contributed by atoms with van der Waals surface area (Å²) in [6.45, 7) is 3.16. The monoisotopic (exact) mass is 679 g/mol. The molecule has 6 heteroatoms.